The quantitative estimate of drug-likeness (QED) is 0.545. The first kappa shape index (κ1) is 11.0. The highest BCUT2D eigenvalue weighted by atomic mass is 16.2. The molecule has 1 atom stereocenters. The minimum Gasteiger partial charge on any atom is -0.351 e. The van der Waals surface area contributed by atoms with Crippen molar-refractivity contribution in [3.8, 4) is 0 Å². The average Bonchev–Trinajstić information content (AvgIpc) is 2.16. The van der Waals surface area contributed by atoms with Crippen LogP contribution in [0, 0.1) is 0 Å². The van der Waals surface area contributed by atoms with E-state index in [9.17, 15) is 9.59 Å². The number of piperidine rings is 1. The van der Waals surface area contributed by atoms with Crippen molar-refractivity contribution in [3.63, 3.8) is 0 Å². The van der Waals surface area contributed by atoms with Crippen LogP contribution in [0.15, 0.2) is 0 Å². The molecule has 14 heavy (non-hydrogen) atoms. The number of hydrogen-bond acceptors (Lipinski definition) is 3. The van der Waals surface area contributed by atoms with Crippen LogP contribution in [-0.2, 0) is 9.59 Å². The van der Waals surface area contributed by atoms with Gasteiger partial charge in [0, 0.05) is 19.5 Å². The Morgan fingerprint density at radius 3 is 2.86 bits per heavy atom. The topological polar surface area (TPSA) is 70.2 Å². The zero-order valence-corrected chi connectivity index (χ0v) is 8.43. The van der Waals surface area contributed by atoms with Gasteiger partial charge in [0.05, 0.1) is 6.54 Å². The third-order valence-electron chi connectivity index (χ3n) is 2.16. The van der Waals surface area contributed by atoms with Crippen LogP contribution in [0.3, 0.4) is 0 Å². The Morgan fingerprint density at radius 1 is 1.50 bits per heavy atom. The fourth-order valence-electron chi connectivity index (χ4n) is 1.46. The summed E-state index contributed by atoms with van der Waals surface area (Å²) in [4.78, 5) is 21.8. The summed E-state index contributed by atoms with van der Waals surface area (Å²) in [7, 11) is 0. The predicted molar refractivity (Wildman–Crippen MR) is 52.7 cm³/mol. The van der Waals surface area contributed by atoms with Gasteiger partial charge in [-0.1, -0.05) is 0 Å². The molecule has 0 bridgehead atoms. The molecule has 1 rings (SSSR count). The van der Waals surface area contributed by atoms with E-state index in [1.807, 2.05) is 0 Å². The van der Waals surface area contributed by atoms with Crippen molar-refractivity contribution in [1.29, 1.82) is 0 Å². The minimum atomic E-state index is -0.179. The van der Waals surface area contributed by atoms with Gasteiger partial charge in [-0.15, -0.1) is 0 Å². The van der Waals surface area contributed by atoms with Crippen molar-refractivity contribution in [2.45, 2.75) is 25.8 Å². The van der Waals surface area contributed by atoms with Gasteiger partial charge >= 0.3 is 0 Å². The van der Waals surface area contributed by atoms with E-state index in [0.717, 1.165) is 25.9 Å². The number of hydrogen-bond donors (Lipinski definition) is 3. The second kappa shape index (κ2) is 5.59. The molecular weight excluding hydrogens is 182 g/mol. The van der Waals surface area contributed by atoms with Crippen LogP contribution in [0.25, 0.3) is 0 Å². The number of amides is 2. The molecule has 1 heterocycles. The van der Waals surface area contributed by atoms with E-state index >= 15 is 0 Å². The van der Waals surface area contributed by atoms with Gasteiger partial charge in [-0.25, -0.2) is 0 Å². The Morgan fingerprint density at radius 2 is 2.29 bits per heavy atom. The highest BCUT2D eigenvalue weighted by Gasteiger charge is 2.14. The molecule has 2 amide bonds. The molecule has 0 aromatic carbocycles. The van der Waals surface area contributed by atoms with Crippen LogP contribution >= 0.6 is 0 Å². The lowest BCUT2D eigenvalue weighted by Gasteiger charge is -2.23. The SMILES string of the molecule is CC(=O)NCC(=O)N[C@H]1CCCNC1. The van der Waals surface area contributed by atoms with Gasteiger partial charge in [-0.3, -0.25) is 9.59 Å². The maximum Gasteiger partial charge on any atom is 0.239 e. The fourth-order valence-corrected chi connectivity index (χ4v) is 1.46. The summed E-state index contributed by atoms with van der Waals surface area (Å²) in [6, 6.07) is 0.213. The normalized spacial score (nSPS) is 21.4. The molecule has 1 aliphatic rings. The van der Waals surface area contributed by atoms with Crippen molar-refractivity contribution in [2.24, 2.45) is 0 Å². The second-order valence-electron chi connectivity index (χ2n) is 3.52. The lowest BCUT2D eigenvalue weighted by molar-refractivity contribution is -0.125. The van der Waals surface area contributed by atoms with Crippen LogP contribution in [0.2, 0.25) is 0 Å². The maximum atomic E-state index is 11.3. The molecule has 0 saturated carbocycles. The molecule has 0 spiro atoms. The van der Waals surface area contributed by atoms with Crippen LogP contribution in [-0.4, -0.2) is 37.5 Å². The summed E-state index contributed by atoms with van der Waals surface area (Å²) in [5, 5.41) is 8.52. The van der Waals surface area contributed by atoms with E-state index in [4.69, 9.17) is 0 Å². The minimum absolute atomic E-state index is 0.0752. The first-order valence-electron chi connectivity index (χ1n) is 4.93. The largest absolute Gasteiger partial charge is 0.351 e. The summed E-state index contributed by atoms with van der Waals surface area (Å²) in [5.74, 6) is -0.296. The van der Waals surface area contributed by atoms with Crippen molar-refractivity contribution in [1.82, 2.24) is 16.0 Å². The molecule has 0 aromatic heterocycles. The van der Waals surface area contributed by atoms with Gasteiger partial charge in [-0.05, 0) is 19.4 Å². The number of carbonyl (C=O) groups is 2. The molecular formula is C9H17N3O2. The lowest BCUT2D eigenvalue weighted by Crippen LogP contribution is -2.48. The van der Waals surface area contributed by atoms with E-state index in [1.54, 1.807) is 0 Å². The first-order valence-corrected chi connectivity index (χ1v) is 4.93. The third kappa shape index (κ3) is 4.23. The number of carbonyl (C=O) groups excluding carboxylic acids is 2. The Kier molecular flexibility index (Phi) is 4.39. The molecule has 0 radical (unpaired) electrons. The zero-order valence-electron chi connectivity index (χ0n) is 8.43. The Hall–Kier alpha value is -1.10. The van der Waals surface area contributed by atoms with E-state index in [1.165, 1.54) is 6.92 Å². The molecule has 0 aliphatic carbocycles. The average molecular weight is 199 g/mol. The van der Waals surface area contributed by atoms with Crippen molar-refractivity contribution < 1.29 is 9.59 Å². The standard InChI is InChI=1S/C9H17N3O2/c1-7(13)11-6-9(14)12-8-3-2-4-10-5-8/h8,10H,2-6H2,1H3,(H,11,13)(H,12,14)/t8-/m0/s1. The van der Waals surface area contributed by atoms with Crippen LogP contribution in [0.4, 0.5) is 0 Å². The highest BCUT2D eigenvalue weighted by molar-refractivity contribution is 5.83. The van der Waals surface area contributed by atoms with E-state index < -0.39 is 0 Å². The summed E-state index contributed by atoms with van der Waals surface area (Å²) < 4.78 is 0. The maximum absolute atomic E-state index is 11.3. The number of nitrogens with one attached hydrogen (secondary N) is 3. The Bertz CT molecular complexity index is 212. The van der Waals surface area contributed by atoms with Gasteiger partial charge in [0.15, 0.2) is 0 Å². The molecule has 1 aliphatic heterocycles. The van der Waals surface area contributed by atoms with Crippen molar-refractivity contribution in [2.75, 3.05) is 19.6 Å². The van der Waals surface area contributed by atoms with Gasteiger partial charge in [-0.2, -0.15) is 0 Å². The molecule has 0 unspecified atom stereocenters. The van der Waals surface area contributed by atoms with Gasteiger partial charge < -0.3 is 16.0 Å². The third-order valence-corrected chi connectivity index (χ3v) is 2.16. The first-order chi connectivity index (χ1) is 6.68. The smallest absolute Gasteiger partial charge is 0.239 e. The van der Waals surface area contributed by atoms with Crippen LogP contribution < -0.4 is 16.0 Å². The Labute approximate surface area is 83.6 Å². The zero-order chi connectivity index (χ0) is 10.4. The molecule has 80 valence electrons. The van der Waals surface area contributed by atoms with E-state index in [-0.39, 0.29) is 24.4 Å². The fraction of sp³-hybridized carbons (Fsp3) is 0.778. The predicted octanol–water partition coefficient (Wildman–Crippen LogP) is -1.01. The van der Waals surface area contributed by atoms with Crippen molar-refractivity contribution >= 4 is 11.8 Å². The Balaban J connectivity index is 2.15. The highest BCUT2D eigenvalue weighted by Crippen LogP contribution is 2.00. The summed E-state index contributed by atoms with van der Waals surface area (Å²) in [5.41, 5.74) is 0. The van der Waals surface area contributed by atoms with Gasteiger partial charge in [0.25, 0.3) is 0 Å². The molecule has 5 nitrogen and oxygen atoms in total. The van der Waals surface area contributed by atoms with Crippen molar-refractivity contribution in [3.05, 3.63) is 0 Å². The lowest BCUT2D eigenvalue weighted by atomic mass is 10.1. The molecule has 5 heteroatoms. The van der Waals surface area contributed by atoms with E-state index in [0.29, 0.717) is 0 Å². The van der Waals surface area contributed by atoms with Gasteiger partial charge in [0.2, 0.25) is 11.8 Å². The van der Waals surface area contributed by atoms with Gasteiger partial charge in [0.1, 0.15) is 0 Å². The summed E-state index contributed by atoms with van der Waals surface area (Å²) in [6.45, 7) is 3.32. The monoisotopic (exact) mass is 199 g/mol. The van der Waals surface area contributed by atoms with Crippen LogP contribution in [0.1, 0.15) is 19.8 Å². The van der Waals surface area contributed by atoms with Crippen LogP contribution in [0.5, 0.6) is 0 Å². The molecule has 0 aromatic rings. The summed E-state index contributed by atoms with van der Waals surface area (Å²) in [6.07, 6.45) is 2.10. The van der Waals surface area contributed by atoms with E-state index in [2.05, 4.69) is 16.0 Å². The second-order valence-corrected chi connectivity index (χ2v) is 3.52. The summed E-state index contributed by atoms with van der Waals surface area (Å²) >= 11 is 0. The molecule has 1 fully saturated rings. The number of rotatable bonds is 3. The molecule has 1 saturated heterocycles. The molecule has 3 N–H and O–H groups in total.